The summed E-state index contributed by atoms with van der Waals surface area (Å²) in [6, 6.07) is 3.79. The Morgan fingerprint density at radius 1 is 1.40 bits per heavy atom. The fourth-order valence-corrected chi connectivity index (χ4v) is 3.72. The molecule has 2 heterocycles. The number of carbonyl (C=O) groups is 2. The molecule has 4 nitrogen and oxygen atoms in total. The zero-order chi connectivity index (χ0) is 14.5. The number of rotatable bonds is 5. The molecule has 1 aliphatic heterocycles. The van der Waals surface area contributed by atoms with Crippen LogP contribution in [0.25, 0.3) is 0 Å². The molecule has 0 saturated carbocycles. The van der Waals surface area contributed by atoms with Crippen molar-refractivity contribution < 1.29 is 9.59 Å². The Hall–Kier alpha value is -1.07. The van der Waals surface area contributed by atoms with E-state index in [2.05, 4.69) is 0 Å². The second-order valence-electron chi connectivity index (χ2n) is 5.11. The molecular weight excluding hydrogens is 296 g/mol. The lowest BCUT2D eigenvalue weighted by atomic mass is 9.98. The molecule has 0 aromatic carbocycles. The van der Waals surface area contributed by atoms with E-state index >= 15 is 0 Å². The maximum atomic E-state index is 12.3. The van der Waals surface area contributed by atoms with Crippen LogP contribution in [0.2, 0.25) is 4.34 Å². The van der Waals surface area contributed by atoms with Gasteiger partial charge < -0.3 is 10.6 Å². The first-order chi connectivity index (χ1) is 9.56. The van der Waals surface area contributed by atoms with Gasteiger partial charge in [-0.15, -0.1) is 11.3 Å². The van der Waals surface area contributed by atoms with Crippen LogP contribution in [0.1, 0.15) is 37.0 Å². The molecule has 1 saturated heterocycles. The first-order valence-corrected chi connectivity index (χ1v) is 8.07. The minimum Gasteiger partial charge on any atom is -0.370 e. The Morgan fingerprint density at radius 3 is 2.85 bits per heavy atom. The number of hydrogen-bond acceptors (Lipinski definition) is 3. The summed E-state index contributed by atoms with van der Waals surface area (Å²) in [4.78, 5) is 26.4. The van der Waals surface area contributed by atoms with Crippen LogP contribution in [0.3, 0.4) is 0 Å². The van der Waals surface area contributed by atoms with Crippen molar-refractivity contribution in [2.24, 2.45) is 5.73 Å². The van der Waals surface area contributed by atoms with Crippen molar-refractivity contribution in [3.8, 4) is 0 Å². The fourth-order valence-electron chi connectivity index (χ4n) is 2.63. The summed E-state index contributed by atoms with van der Waals surface area (Å²) in [5.41, 5.74) is 5.26. The van der Waals surface area contributed by atoms with Crippen molar-refractivity contribution in [2.75, 3.05) is 6.54 Å². The predicted molar refractivity (Wildman–Crippen MR) is 80.8 cm³/mol. The average Bonchev–Trinajstić information content (AvgIpc) is 2.82. The number of primary amides is 1. The van der Waals surface area contributed by atoms with Gasteiger partial charge in [0.05, 0.1) is 4.34 Å². The van der Waals surface area contributed by atoms with E-state index in [-0.39, 0.29) is 24.3 Å². The molecule has 1 unspecified atom stereocenters. The topological polar surface area (TPSA) is 63.4 Å². The quantitative estimate of drug-likeness (QED) is 0.908. The third-order valence-corrected chi connectivity index (χ3v) is 4.89. The molecule has 20 heavy (non-hydrogen) atoms. The highest BCUT2D eigenvalue weighted by atomic mass is 35.5. The van der Waals surface area contributed by atoms with Gasteiger partial charge in [0, 0.05) is 30.3 Å². The molecule has 1 atom stereocenters. The molecule has 2 amide bonds. The lowest BCUT2D eigenvalue weighted by molar-refractivity contribution is -0.135. The number of nitrogens with two attached hydrogens (primary N) is 1. The minimum atomic E-state index is -0.334. The lowest BCUT2D eigenvalue weighted by Gasteiger charge is -2.35. The van der Waals surface area contributed by atoms with E-state index in [1.807, 2.05) is 17.0 Å². The molecule has 110 valence electrons. The van der Waals surface area contributed by atoms with Gasteiger partial charge in [-0.1, -0.05) is 11.6 Å². The van der Waals surface area contributed by atoms with Gasteiger partial charge in [-0.2, -0.15) is 0 Å². The van der Waals surface area contributed by atoms with Gasteiger partial charge >= 0.3 is 0 Å². The first kappa shape index (κ1) is 15.3. The van der Waals surface area contributed by atoms with E-state index in [1.54, 1.807) is 0 Å². The van der Waals surface area contributed by atoms with Crippen LogP contribution in [0.4, 0.5) is 0 Å². The second kappa shape index (κ2) is 7.09. The summed E-state index contributed by atoms with van der Waals surface area (Å²) in [6.07, 6.45) is 4.38. The molecule has 1 aromatic rings. The summed E-state index contributed by atoms with van der Waals surface area (Å²) in [5, 5.41) is 0. The SMILES string of the molecule is NC(=O)CC1CCCCN1C(=O)CCc1ccc(Cl)s1. The van der Waals surface area contributed by atoms with E-state index in [9.17, 15) is 9.59 Å². The van der Waals surface area contributed by atoms with E-state index in [0.29, 0.717) is 12.8 Å². The highest BCUT2D eigenvalue weighted by Crippen LogP contribution is 2.24. The van der Waals surface area contributed by atoms with Gasteiger partial charge in [-0.25, -0.2) is 0 Å². The van der Waals surface area contributed by atoms with Gasteiger partial charge in [0.1, 0.15) is 0 Å². The van der Waals surface area contributed by atoms with Gasteiger partial charge in [0.2, 0.25) is 11.8 Å². The third-order valence-electron chi connectivity index (χ3n) is 3.60. The van der Waals surface area contributed by atoms with Crippen molar-refractivity contribution in [3.63, 3.8) is 0 Å². The number of thiophene rings is 1. The maximum Gasteiger partial charge on any atom is 0.223 e. The summed E-state index contributed by atoms with van der Waals surface area (Å²) in [7, 11) is 0. The van der Waals surface area contributed by atoms with E-state index < -0.39 is 0 Å². The Morgan fingerprint density at radius 2 is 2.20 bits per heavy atom. The Bertz CT molecular complexity index is 489. The van der Waals surface area contributed by atoms with Crippen LogP contribution in [0, 0.1) is 0 Å². The highest BCUT2D eigenvalue weighted by Gasteiger charge is 2.27. The standard InChI is InChI=1S/C14H19ClN2O2S/c15-12-6-4-11(20-12)5-7-14(19)17-8-2-1-3-10(17)9-13(16)18/h4,6,10H,1-3,5,7-9H2,(H2,16,18). The molecule has 2 rings (SSSR count). The molecule has 0 bridgehead atoms. The predicted octanol–water partition coefficient (Wildman–Crippen LogP) is 2.59. The number of hydrogen-bond donors (Lipinski definition) is 1. The number of amides is 2. The van der Waals surface area contributed by atoms with E-state index in [1.165, 1.54) is 11.3 Å². The Labute approximate surface area is 127 Å². The van der Waals surface area contributed by atoms with Gasteiger partial charge in [0.25, 0.3) is 0 Å². The van der Waals surface area contributed by atoms with E-state index in [0.717, 1.165) is 35.0 Å². The molecule has 6 heteroatoms. The molecule has 1 aromatic heterocycles. The Kier molecular flexibility index (Phi) is 5.43. The maximum absolute atomic E-state index is 12.3. The van der Waals surface area contributed by atoms with Crippen LogP contribution >= 0.6 is 22.9 Å². The summed E-state index contributed by atoms with van der Waals surface area (Å²) < 4.78 is 0.747. The van der Waals surface area contributed by atoms with Gasteiger partial charge in [-0.05, 0) is 37.8 Å². The molecule has 0 radical (unpaired) electrons. The van der Waals surface area contributed by atoms with Crippen molar-refractivity contribution in [1.29, 1.82) is 0 Å². The van der Waals surface area contributed by atoms with Crippen molar-refractivity contribution in [3.05, 3.63) is 21.3 Å². The summed E-state index contributed by atoms with van der Waals surface area (Å²) >= 11 is 7.39. The number of piperidine rings is 1. The number of aryl methyl sites for hydroxylation is 1. The third kappa shape index (κ3) is 4.21. The lowest BCUT2D eigenvalue weighted by Crippen LogP contribution is -2.45. The van der Waals surface area contributed by atoms with Crippen molar-refractivity contribution in [1.82, 2.24) is 4.90 Å². The first-order valence-electron chi connectivity index (χ1n) is 6.88. The number of halogens is 1. The van der Waals surface area contributed by atoms with Crippen molar-refractivity contribution in [2.45, 2.75) is 44.6 Å². The van der Waals surface area contributed by atoms with Crippen LogP contribution in [0.5, 0.6) is 0 Å². The van der Waals surface area contributed by atoms with Crippen LogP contribution in [-0.2, 0) is 16.0 Å². The van der Waals surface area contributed by atoms with Crippen LogP contribution < -0.4 is 5.73 Å². The summed E-state index contributed by atoms with van der Waals surface area (Å²) in [5.74, 6) is -0.222. The zero-order valence-corrected chi connectivity index (χ0v) is 12.9. The zero-order valence-electron chi connectivity index (χ0n) is 11.3. The largest absolute Gasteiger partial charge is 0.370 e. The normalized spacial score (nSPS) is 19.1. The Balaban J connectivity index is 1.90. The van der Waals surface area contributed by atoms with Gasteiger partial charge in [-0.3, -0.25) is 9.59 Å². The number of carbonyl (C=O) groups excluding carboxylic acids is 2. The molecule has 2 N–H and O–H groups in total. The molecule has 0 spiro atoms. The van der Waals surface area contributed by atoms with Crippen LogP contribution in [-0.4, -0.2) is 29.3 Å². The monoisotopic (exact) mass is 314 g/mol. The van der Waals surface area contributed by atoms with Gasteiger partial charge in [0.15, 0.2) is 0 Å². The number of nitrogens with zero attached hydrogens (tertiary/aromatic N) is 1. The smallest absolute Gasteiger partial charge is 0.223 e. The molecular formula is C14H19ClN2O2S. The van der Waals surface area contributed by atoms with Crippen molar-refractivity contribution >= 4 is 34.8 Å². The molecule has 1 aliphatic rings. The van der Waals surface area contributed by atoms with Crippen LogP contribution in [0.15, 0.2) is 12.1 Å². The second-order valence-corrected chi connectivity index (χ2v) is 6.91. The summed E-state index contributed by atoms with van der Waals surface area (Å²) in [6.45, 7) is 0.738. The molecule has 1 fully saturated rings. The number of likely N-dealkylation sites (tertiary alicyclic amines) is 1. The highest BCUT2D eigenvalue weighted by molar-refractivity contribution is 7.16. The molecule has 0 aliphatic carbocycles. The average molecular weight is 315 g/mol. The van der Waals surface area contributed by atoms with E-state index in [4.69, 9.17) is 17.3 Å². The fraction of sp³-hybridized carbons (Fsp3) is 0.571. The minimum absolute atomic E-state index is 0.0133.